The molecule has 1 amide bonds. The van der Waals surface area contributed by atoms with Crippen molar-refractivity contribution in [3.8, 4) is 11.3 Å². The van der Waals surface area contributed by atoms with E-state index in [0.29, 0.717) is 18.7 Å². The van der Waals surface area contributed by atoms with Crippen LogP contribution >= 0.6 is 0 Å². The molecule has 1 saturated heterocycles. The first-order valence-electron chi connectivity index (χ1n) is 10.9. The summed E-state index contributed by atoms with van der Waals surface area (Å²) in [5.74, 6) is 1.96. The molecule has 5 rings (SSSR count). The van der Waals surface area contributed by atoms with Gasteiger partial charge in [0.1, 0.15) is 11.6 Å². The normalized spacial score (nSPS) is 14.3. The van der Waals surface area contributed by atoms with E-state index in [1.54, 1.807) is 30.8 Å². The number of hydrogen-bond acceptors (Lipinski definition) is 6. The van der Waals surface area contributed by atoms with Crippen LogP contribution in [0.25, 0.3) is 16.9 Å². The SMILES string of the molecule is CCc1c(C)nc2cc(-c3ccoc3C)nn2c1N1CCN(C(=O)c2ccncc2)CC1. The minimum absolute atomic E-state index is 0.0515. The molecule has 4 aromatic rings. The number of aryl methyl sites for hydroxylation is 2. The van der Waals surface area contributed by atoms with Crippen LogP contribution in [0.5, 0.6) is 0 Å². The highest BCUT2D eigenvalue weighted by Gasteiger charge is 2.26. The van der Waals surface area contributed by atoms with Gasteiger partial charge in [-0.05, 0) is 38.5 Å². The Morgan fingerprint density at radius 2 is 1.84 bits per heavy atom. The minimum atomic E-state index is 0.0515. The second-order valence-corrected chi connectivity index (χ2v) is 8.06. The number of pyridine rings is 1. The third-order valence-electron chi connectivity index (χ3n) is 6.16. The number of anilines is 1. The summed E-state index contributed by atoms with van der Waals surface area (Å²) < 4.78 is 7.43. The van der Waals surface area contributed by atoms with Gasteiger partial charge in [0.2, 0.25) is 0 Å². The van der Waals surface area contributed by atoms with Gasteiger partial charge in [0.05, 0.1) is 12.0 Å². The van der Waals surface area contributed by atoms with Crippen molar-refractivity contribution in [3.63, 3.8) is 0 Å². The second kappa shape index (κ2) is 8.11. The third kappa shape index (κ3) is 3.41. The zero-order valence-corrected chi connectivity index (χ0v) is 18.6. The smallest absolute Gasteiger partial charge is 0.254 e. The Kier molecular flexibility index (Phi) is 5.13. The topological polar surface area (TPSA) is 79.8 Å². The molecule has 1 aliphatic heterocycles. The first-order chi connectivity index (χ1) is 15.6. The lowest BCUT2D eigenvalue weighted by molar-refractivity contribution is 0.0746. The third-order valence-corrected chi connectivity index (χ3v) is 6.16. The van der Waals surface area contributed by atoms with E-state index in [4.69, 9.17) is 14.5 Å². The summed E-state index contributed by atoms with van der Waals surface area (Å²) in [6.07, 6.45) is 5.86. The van der Waals surface area contributed by atoms with E-state index < -0.39 is 0 Å². The van der Waals surface area contributed by atoms with E-state index >= 15 is 0 Å². The fraction of sp³-hybridized carbons (Fsp3) is 0.333. The Morgan fingerprint density at radius 3 is 2.50 bits per heavy atom. The Morgan fingerprint density at radius 1 is 1.09 bits per heavy atom. The van der Waals surface area contributed by atoms with Crippen LogP contribution in [0.4, 0.5) is 5.82 Å². The van der Waals surface area contributed by atoms with Gasteiger partial charge in [-0.3, -0.25) is 9.78 Å². The molecule has 0 aliphatic carbocycles. The fourth-order valence-corrected chi connectivity index (χ4v) is 4.46. The lowest BCUT2D eigenvalue weighted by Gasteiger charge is -2.37. The molecule has 164 valence electrons. The van der Waals surface area contributed by atoms with Crippen LogP contribution in [0, 0.1) is 13.8 Å². The van der Waals surface area contributed by atoms with E-state index in [2.05, 4.69) is 23.7 Å². The predicted octanol–water partition coefficient (Wildman–Crippen LogP) is 3.53. The monoisotopic (exact) mass is 430 g/mol. The van der Waals surface area contributed by atoms with Crippen LogP contribution in [0.2, 0.25) is 0 Å². The number of aromatic nitrogens is 4. The number of carbonyl (C=O) groups excluding carboxylic acids is 1. The molecule has 0 spiro atoms. The molecule has 0 radical (unpaired) electrons. The predicted molar refractivity (Wildman–Crippen MR) is 122 cm³/mol. The van der Waals surface area contributed by atoms with E-state index in [1.165, 1.54) is 5.56 Å². The second-order valence-electron chi connectivity index (χ2n) is 8.06. The van der Waals surface area contributed by atoms with Crippen LogP contribution in [-0.2, 0) is 6.42 Å². The van der Waals surface area contributed by atoms with Gasteiger partial charge >= 0.3 is 0 Å². The van der Waals surface area contributed by atoms with Gasteiger partial charge in [0.15, 0.2) is 5.65 Å². The molecular weight excluding hydrogens is 404 g/mol. The summed E-state index contributed by atoms with van der Waals surface area (Å²) in [5.41, 5.74) is 5.53. The number of piperazine rings is 1. The number of carbonyl (C=O) groups is 1. The molecule has 32 heavy (non-hydrogen) atoms. The average Bonchev–Trinajstić information content (AvgIpc) is 3.43. The highest BCUT2D eigenvalue weighted by Crippen LogP contribution is 2.30. The van der Waals surface area contributed by atoms with Gasteiger partial charge in [-0.25, -0.2) is 4.98 Å². The van der Waals surface area contributed by atoms with Crippen LogP contribution in [-0.4, -0.2) is 56.6 Å². The molecule has 0 bridgehead atoms. The van der Waals surface area contributed by atoms with Crippen LogP contribution in [0.15, 0.2) is 47.3 Å². The number of amides is 1. The summed E-state index contributed by atoms with van der Waals surface area (Å²) in [6.45, 7) is 8.93. The van der Waals surface area contributed by atoms with Crippen molar-refractivity contribution in [1.82, 2.24) is 24.5 Å². The number of rotatable bonds is 4. The molecule has 8 nitrogen and oxygen atoms in total. The molecule has 5 heterocycles. The molecule has 0 unspecified atom stereocenters. The Hall–Kier alpha value is -3.68. The zero-order chi connectivity index (χ0) is 22.2. The highest BCUT2D eigenvalue weighted by atomic mass is 16.3. The molecule has 0 aromatic carbocycles. The summed E-state index contributed by atoms with van der Waals surface area (Å²) in [7, 11) is 0. The van der Waals surface area contributed by atoms with Crippen molar-refractivity contribution >= 4 is 17.4 Å². The van der Waals surface area contributed by atoms with Gasteiger partial charge in [-0.15, -0.1) is 0 Å². The lowest BCUT2D eigenvalue weighted by atomic mass is 10.1. The van der Waals surface area contributed by atoms with E-state index in [-0.39, 0.29) is 5.91 Å². The van der Waals surface area contributed by atoms with Gasteiger partial charge in [0, 0.05) is 67.0 Å². The van der Waals surface area contributed by atoms with E-state index in [0.717, 1.165) is 53.7 Å². The Bertz CT molecular complexity index is 1270. The maximum Gasteiger partial charge on any atom is 0.254 e. The summed E-state index contributed by atoms with van der Waals surface area (Å²) >= 11 is 0. The van der Waals surface area contributed by atoms with E-state index in [1.807, 2.05) is 28.5 Å². The largest absolute Gasteiger partial charge is 0.469 e. The molecule has 0 atom stereocenters. The molecular formula is C24H26N6O2. The number of furan rings is 1. The molecule has 0 saturated carbocycles. The highest BCUT2D eigenvalue weighted by molar-refractivity contribution is 5.94. The maximum absolute atomic E-state index is 12.8. The van der Waals surface area contributed by atoms with Crippen LogP contribution in [0.1, 0.15) is 34.3 Å². The van der Waals surface area contributed by atoms with Crippen molar-refractivity contribution < 1.29 is 9.21 Å². The van der Waals surface area contributed by atoms with E-state index in [9.17, 15) is 4.79 Å². The van der Waals surface area contributed by atoms with Crippen LogP contribution in [0.3, 0.4) is 0 Å². The van der Waals surface area contributed by atoms with Crippen molar-refractivity contribution in [3.05, 3.63) is 65.5 Å². The molecule has 4 aromatic heterocycles. The van der Waals surface area contributed by atoms with Gasteiger partial charge in [-0.2, -0.15) is 9.61 Å². The number of hydrogen-bond donors (Lipinski definition) is 0. The van der Waals surface area contributed by atoms with Crippen molar-refractivity contribution in [2.45, 2.75) is 27.2 Å². The van der Waals surface area contributed by atoms with Crippen molar-refractivity contribution in [2.75, 3.05) is 31.1 Å². The average molecular weight is 431 g/mol. The first kappa shape index (κ1) is 20.2. The number of nitrogens with zero attached hydrogens (tertiary/aromatic N) is 6. The molecule has 0 N–H and O–H groups in total. The van der Waals surface area contributed by atoms with Crippen LogP contribution < -0.4 is 4.90 Å². The van der Waals surface area contributed by atoms with Gasteiger partial charge < -0.3 is 14.2 Å². The van der Waals surface area contributed by atoms with Gasteiger partial charge in [-0.1, -0.05) is 6.92 Å². The molecule has 1 aliphatic rings. The Labute approximate surface area is 186 Å². The maximum atomic E-state index is 12.8. The number of fused-ring (bicyclic) bond motifs is 1. The first-order valence-corrected chi connectivity index (χ1v) is 10.9. The summed E-state index contributed by atoms with van der Waals surface area (Å²) in [6, 6.07) is 7.48. The van der Waals surface area contributed by atoms with Crippen molar-refractivity contribution in [2.24, 2.45) is 0 Å². The fourth-order valence-electron chi connectivity index (χ4n) is 4.46. The standard InChI is InChI=1S/C24H26N6O2/c1-4-19-16(2)26-22-15-21(20-7-14-32-17(20)3)27-30(22)23(19)28-10-12-29(13-11-28)24(31)18-5-8-25-9-6-18/h5-9,14-15H,4,10-13H2,1-3H3. The summed E-state index contributed by atoms with van der Waals surface area (Å²) in [4.78, 5) is 25.9. The Balaban J connectivity index is 1.48. The quantitative estimate of drug-likeness (QED) is 0.493. The zero-order valence-electron chi connectivity index (χ0n) is 18.6. The minimum Gasteiger partial charge on any atom is -0.469 e. The summed E-state index contributed by atoms with van der Waals surface area (Å²) in [5, 5.41) is 4.91. The lowest BCUT2D eigenvalue weighted by Crippen LogP contribution is -2.49. The molecule has 1 fully saturated rings. The molecule has 8 heteroatoms. The van der Waals surface area contributed by atoms with Gasteiger partial charge in [0.25, 0.3) is 5.91 Å². The van der Waals surface area contributed by atoms with Crippen molar-refractivity contribution in [1.29, 1.82) is 0 Å².